The molecule has 0 aliphatic carbocycles. The van der Waals surface area contributed by atoms with Gasteiger partial charge in [0, 0.05) is 25.4 Å². The number of hydrogen-bond donors (Lipinski definition) is 1. The summed E-state index contributed by atoms with van der Waals surface area (Å²) in [6, 6.07) is 3.52. The topological polar surface area (TPSA) is 70.2 Å². The first-order valence-corrected chi connectivity index (χ1v) is 8.66. The van der Waals surface area contributed by atoms with E-state index in [2.05, 4.69) is 4.98 Å². The molecule has 0 aromatic carbocycles. The fourth-order valence-electron chi connectivity index (χ4n) is 2.71. The molecule has 112 valence electrons. The van der Waals surface area contributed by atoms with E-state index in [0.717, 1.165) is 18.4 Å². The molecule has 5 nitrogen and oxygen atoms in total. The molecular weight excluding hydrogens is 276 g/mol. The number of aromatic amines is 1. The van der Waals surface area contributed by atoms with E-state index in [9.17, 15) is 13.2 Å². The molecule has 0 amide bonds. The van der Waals surface area contributed by atoms with Gasteiger partial charge in [-0.1, -0.05) is 13.8 Å². The molecule has 1 aromatic rings. The molecule has 0 spiro atoms. The first-order valence-electron chi connectivity index (χ1n) is 7.05. The number of sulfonamides is 1. The van der Waals surface area contributed by atoms with Crippen LogP contribution in [0.15, 0.2) is 23.1 Å². The first-order chi connectivity index (χ1) is 9.38. The first kappa shape index (κ1) is 15.3. The highest BCUT2D eigenvalue weighted by Gasteiger charge is 2.29. The number of piperidine rings is 1. The van der Waals surface area contributed by atoms with Crippen LogP contribution in [0.1, 0.15) is 38.2 Å². The van der Waals surface area contributed by atoms with Gasteiger partial charge in [0.1, 0.15) is 0 Å². The van der Waals surface area contributed by atoms with Crippen molar-refractivity contribution < 1.29 is 8.42 Å². The van der Waals surface area contributed by atoms with Crippen molar-refractivity contribution in [1.82, 2.24) is 9.29 Å². The smallest absolute Gasteiger partial charge is 0.248 e. The molecule has 1 aliphatic heterocycles. The van der Waals surface area contributed by atoms with Gasteiger partial charge in [-0.2, -0.15) is 0 Å². The van der Waals surface area contributed by atoms with Crippen molar-refractivity contribution in [2.24, 2.45) is 5.92 Å². The Bertz CT molecular complexity index is 599. The molecular formula is C14H22N2O3S. The summed E-state index contributed by atoms with van der Waals surface area (Å²) < 4.78 is 25.9. The van der Waals surface area contributed by atoms with Crippen LogP contribution < -0.4 is 5.56 Å². The third kappa shape index (κ3) is 3.70. The second-order valence-corrected chi connectivity index (χ2v) is 7.85. The number of aromatic nitrogens is 1. The maximum atomic E-state index is 12.2. The Labute approximate surface area is 120 Å². The summed E-state index contributed by atoms with van der Waals surface area (Å²) >= 11 is 0. The minimum atomic E-state index is -3.13. The van der Waals surface area contributed by atoms with E-state index in [1.807, 2.05) is 19.9 Å². The summed E-state index contributed by atoms with van der Waals surface area (Å²) in [5.41, 5.74) is 0.909. The molecule has 0 radical (unpaired) electrons. The lowest BCUT2D eigenvalue weighted by Gasteiger charge is -2.31. The van der Waals surface area contributed by atoms with Gasteiger partial charge in [-0.15, -0.1) is 0 Å². The van der Waals surface area contributed by atoms with Crippen LogP contribution in [0.2, 0.25) is 0 Å². The van der Waals surface area contributed by atoms with Crippen LogP contribution in [0, 0.1) is 5.92 Å². The van der Waals surface area contributed by atoms with Crippen molar-refractivity contribution in [2.75, 3.05) is 18.8 Å². The van der Waals surface area contributed by atoms with E-state index in [0.29, 0.717) is 13.1 Å². The lowest BCUT2D eigenvalue weighted by molar-refractivity contribution is 0.318. The Kier molecular flexibility index (Phi) is 4.65. The highest BCUT2D eigenvalue weighted by atomic mass is 32.2. The molecule has 1 N–H and O–H groups in total. The molecule has 20 heavy (non-hydrogen) atoms. The fourth-order valence-corrected chi connectivity index (χ4v) is 4.53. The van der Waals surface area contributed by atoms with Crippen molar-refractivity contribution in [3.8, 4) is 0 Å². The van der Waals surface area contributed by atoms with Crippen molar-refractivity contribution in [3.63, 3.8) is 0 Å². The maximum absolute atomic E-state index is 12.2. The van der Waals surface area contributed by atoms with E-state index in [-0.39, 0.29) is 23.1 Å². The van der Waals surface area contributed by atoms with E-state index in [4.69, 9.17) is 0 Å². The molecule has 0 atom stereocenters. The van der Waals surface area contributed by atoms with Crippen LogP contribution in [0.4, 0.5) is 0 Å². The van der Waals surface area contributed by atoms with Gasteiger partial charge < -0.3 is 4.98 Å². The van der Waals surface area contributed by atoms with Gasteiger partial charge in [0.05, 0.1) is 5.75 Å². The molecule has 1 aromatic heterocycles. The van der Waals surface area contributed by atoms with Gasteiger partial charge in [-0.05, 0) is 36.3 Å². The highest BCUT2D eigenvalue weighted by Crippen LogP contribution is 2.28. The SMILES string of the molecule is CC(C)CS(=O)(=O)N1CCC(c2cc[nH]c(=O)c2)CC1. The summed E-state index contributed by atoms with van der Waals surface area (Å²) in [5.74, 6) is 0.635. The number of rotatable bonds is 4. The van der Waals surface area contributed by atoms with Crippen molar-refractivity contribution in [2.45, 2.75) is 32.6 Å². The monoisotopic (exact) mass is 298 g/mol. The molecule has 6 heteroatoms. The van der Waals surface area contributed by atoms with Gasteiger partial charge in [-0.25, -0.2) is 12.7 Å². The van der Waals surface area contributed by atoms with Crippen LogP contribution in [0.3, 0.4) is 0 Å². The van der Waals surface area contributed by atoms with E-state index >= 15 is 0 Å². The predicted octanol–water partition coefficient (Wildman–Crippen LogP) is 1.54. The minimum Gasteiger partial charge on any atom is -0.329 e. The molecule has 0 bridgehead atoms. The number of H-pyrrole nitrogens is 1. The number of hydrogen-bond acceptors (Lipinski definition) is 3. The largest absolute Gasteiger partial charge is 0.329 e. The van der Waals surface area contributed by atoms with E-state index in [1.54, 1.807) is 16.6 Å². The van der Waals surface area contributed by atoms with Crippen LogP contribution >= 0.6 is 0 Å². The van der Waals surface area contributed by atoms with E-state index < -0.39 is 10.0 Å². The third-order valence-electron chi connectivity index (χ3n) is 3.66. The molecule has 2 rings (SSSR count). The molecule has 0 unspecified atom stereocenters. The van der Waals surface area contributed by atoms with Gasteiger partial charge in [0.15, 0.2) is 0 Å². The quantitative estimate of drug-likeness (QED) is 0.916. The molecule has 1 aliphatic rings. The highest BCUT2D eigenvalue weighted by molar-refractivity contribution is 7.89. The lowest BCUT2D eigenvalue weighted by atomic mass is 9.91. The Morgan fingerprint density at radius 2 is 2.00 bits per heavy atom. The minimum absolute atomic E-state index is 0.0997. The summed E-state index contributed by atoms with van der Waals surface area (Å²) in [4.78, 5) is 13.9. The Hall–Kier alpha value is -1.14. The predicted molar refractivity (Wildman–Crippen MR) is 79.2 cm³/mol. The molecule has 1 saturated heterocycles. The van der Waals surface area contributed by atoms with Crippen LogP contribution in [0.25, 0.3) is 0 Å². The van der Waals surface area contributed by atoms with Gasteiger partial charge in [-0.3, -0.25) is 4.79 Å². The normalized spacial score (nSPS) is 18.6. The van der Waals surface area contributed by atoms with Crippen LogP contribution in [-0.2, 0) is 10.0 Å². The van der Waals surface area contributed by atoms with Gasteiger partial charge >= 0.3 is 0 Å². The zero-order chi connectivity index (χ0) is 14.8. The molecule has 0 saturated carbocycles. The van der Waals surface area contributed by atoms with E-state index in [1.165, 1.54) is 0 Å². The van der Waals surface area contributed by atoms with Crippen molar-refractivity contribution in [3.05, 3.63) is 34.2 Å². The Balaban J connectivity index is 2.01. The van der Waals surface area contributed by atoms with Crippen LogP contribution in [0.5, 0.6) is 0 Å². The number of nitrogens with zero attached hydrogens (tertiary/aromatic N) is 1. The second-order valence-electron chi connectivity index (χ2n) is 5.83. The van der Waals surface area contributed by atoms with Crippen molar-refractivity contribution >= 4 is 10.0 Å². The van der Waals surface area contributed by atoms with Crippen LogP contribution in [-0.4, -0.2) is 36.5 Å². The third-order valence-corrected chi connectivity index (χ3v) is 5.90. The Morgan fingerprint density at radius 3 is 2.55 bits per heavy atom. The van der Waals surface area contributed by atoms with Gasteiger partial charge in [0.2, 0.25) is 15.6 Å². The molecule has 1 fully saturated rings. The van der Waals surface area contributed by atoms with Crippen molar-refractivity contribution in [1.29, 1.82) is 0 Å². The zero-order valence-corrected chi connectivity index (χ0v) is 12.8. The standard InChI is InChI=1S/C14H22N2O3S/c1-11(2)10-20(18,19)16-7-4-12(5-8-16)13-3-6-15-14(17)9-13/h3,6,9,11-12H,4-5,7-8,10H2,1-2H3,(H,15,17). The maximum Gasteiger partial charge on any atom is 0.248 e. The summed E-state index contributed by atoms with van der Waals surface area (Å²) in [6.07, 6.45) is 3.21. The zero-order valence-electron chi connectivity index (χ0n) is 12.0. The number of nitrogens with one attached hydrogen (secondary N) is 1. The summed E-state index contributed by atoms with van der Waals surface area (Å²) in [5, 5.41) is 0. The lowest BCUT2D eigenvalue weighted by Crippen LogP contribution is -2.40. The summed E-state index contributed by atoms with van der Waals surface area (Å²) in [6.45, 7) is 4.93. The second kappa shape index (κ2) is 6.10. The average molecular weight is 298 g/mol. The van der Waals surface area contributed by atoms with Gasteiger partial charge in [0.25, 0.3) is 0 Å². The summed E-state index contributed by atoms with van der Waals surface area (Å²) in [7, 11) is -3.13. The Morgan fingerprint density at radius 1 is 1.35 bits per heavy atom. The molecule has 2 heterocycles. The average Bonchev–Trinajstić information content (AvgIpc) is 2.37. The number of pyridine rings is 1. The fraction of sp³-hybridized carbons (Fsp3) is 0.643.